The first kappa shape index (κ1) is 26.6. The van der Waals surface area contributed by atoms with E-state index in [1.54, 1.807) is 12.1 Å². The Morgan fingerprint density at radius 3 is 2.38 bits per heavy atom. The molecule has 9 nitrogen and oxygen atoms in total. The van der Waals surface area contributed by atoms with E-state index in [4.69, 9.17) is 14.2 Å². The number of fused-ring (bicyclic) bond motifs is 1. The number of aromatic nitrogens is 2. The van der Waals surface area contributed by atoms with Crippen molar-refractivity contribution in [1.82, 2.24) is 19.4 Å². The van der Waals surface area contributed by atoms with Crippen LogP contribution in [0.4, 0.5) is 0 Å². The van der Waals surface area contributed by atoms with E-state index < -0.39 is 0 Å². The summed E-state index contributed by atoms with van der Waals surface area (Å²) in [5.74, 6) is -0.340. The maximum atomic E-state index is 13.1. The van der Waals surface area contributed by atoms with Crippen LogP contribution in [0.2, 0.25) is 0 Å². The molecule has 198 valence electrons. The third-order valence-corrected chi connectivity index (χ3v) is 6.60. The normalized spacial score (nSPS) is 13.8. The van der Waals surface area contributed by atoms with Crippen LogP contribution in [0.1, 0.15) is 47.1 Å². The van der Waals surface area contributed by atoms with Crippen LogP contribution in [0.25, 0.3) is 11.0 Å². The zero-order chi connectivity index (χ0) is 26.2. The van der Waals surface area contributed by atoms with Crippen molar-refractivity contribution in [1.29, 1.82) is 0 Å². The van der Waals surface area contributed by atoms with Gasteiger partial charge in [0.1, 0.15) is 6.61 Å². The smallest absolute Gasteiger partial charge is 0.338 e. The van der Waals surface area contributed by atoms with Crippen molar-refractivity contribution >= 4 is 22.9 Å². The number of ether oxygens (including phenoxy) is 3. The highest BCUT2D eigenvalue weighted by Gasteiger charge is 2.21. The largest absolute Gasteiger partial charge is 0.465 e. The number of amides is 1. The molecule has 0 saturated carbocycles. The number of esters is 1. The van der Waals surface area contributed by atoms with Gasteiger partial charge in [-0.3, -0.25) is 9.36 Å². The van der Waals surface area contributed by atoms with Crippen molar-refractivity contribution in [3.63, 3.8) is 0 Å². The molecule has 1 fully saturated rings. The van der Waals surface area contributed by atoms with Gasteiger partial charge in [0.2, 0.25) is 0 Å². The summed E-state index contributed by atoms with van der Waals surface area (Å²) in [6, 6.07) is 13.4. The number of nitrogens with zero attached hydrogens (tertiary/aromatic N) is 4. The Bertz CT molecular complexity index is 1200. The molecule has 0 spiro atoms. The molecule has 0 bridgehead atoms. The highest BCUT2D eigenvalue weighted by molar-refractivity contribution is 5.97. The van der Waals surface area contributed by atoms with Crippen LogP contribution in [0.15, 0.2) is 42.5 Å². The Morgan fingerprint density at radius 2 is 1.70 bits per heavy atom. The molecule has 0 unspecified atom stereocenters. The minimum absolute atomic E-state index is 0.0141. The Morgan fingerprint density at radius 1 is 1.00 bits per heavy atom. The van der Waals surface area contributed by atoms with E-state index >= 15 is 0 Å². The van der Waals surface area contributed by atoms with Gasteiger partial charge in [-0.1, -0.05) is 26.0 Å². The second-order valence-electron chi connectivity index (χ2n) is 8.88. The van der Waals surface area contributed by atoms with Crippen molar-refractivity contribution < 1.29 is 23.8 Å². The number of benzene rings is 2. The summed E-state index contributed by atoms with van der Waals surface area (Å²) in [5, 5.41) is 0. The first-order valence-electron chi connectivity index (χ1n) is 13.0. The van der Waals surface area contributed by atoms with Crippen molar-refractivity contribution in [3.8, 4) is 6.01 Å². The monoisotopic (exact) mass is 508 g/mol. The first-order chi connectivity index (χ1) is 18.0. The minimum atomic E-state index is -0.326. The quantitative estimate of drug-likeness (QED) is 0.367. The molecule has 1 aliphatic heterocycles. The fraction of sp³-hybridized carbons (Fsp3) is 0.464. The van der Waals surface area contributed by atoms with Crippen LogP contribution in [0.3, 0.4) is 0 Å². The van der Waals surface area contributed by atoms with Crippen LogP contribution in [-0.4, -0.2) is 90.4 Å². The van der Waals surface area contributed by atoms with Gasteiger partial charge in [-0.25, -0.2) is 4.79 Å². The third-order valence-electron chi connectivity index (χ3n) is 6.60. The third kappa shape index (κ3) is 6.47. The van der Waals surface area contributed by atoms with E-state index in [9.17, 15) is 9.59 Å². The van der Waals surface area contributed by atoms with Gasteiger partial charge in [0.15, 0.2) is 0 Å². The highest BCUT2D eigenvalue weighted by Crippen LogP contribution is 2.25. The zero-order valence-corrected chi connectivity index (χ0v) is 21.9. The Hall–Kier alpha value is -3.43. The molecular weight excluding hydrogens is 472 g/mol. The van der Waals surface area contributed by atoms with Gasteiger partial charge in [0, 0.05) is 25.2 Å². The molecule has 9 heteroatoms. The lowest BCUT2D eigenvalue weighted by Crippen LogP contribution is -2.40. The summed E-state index contributed by atoms with van der Waals surface area (Å²) >= 11 is 0. The number of hydrogen-bond donors (Lipinski definition) is 0. The van der Waals surface area contributed by atoms with Crippen LogP contribution in [-0.2, 0) is 16.0 Å². The zero-order valence-electron chi connectivity index (χ0n) is 21.9. The van der Waals surface area contributed by atoms with Gasteiger partial charge in [-0.05, 0) is 55.9 Å². The lowest BCUT2D eigenvalue weighted by molar-refractivity contribution is 0.0303. The van der Waals surface area contributed by atoms with E-state index in [0.717, 1.165) is 36.2 Å². The van der Waals surface area contributed by atoms with Gasteiger partial charge in [-0.2, -0.15) is 4.98 Å². The number of morpholine rings is 1. The van der Waals surface area contributed by atoms with Gasteiger partial charge >= 0.3 is 5.97 Å². The van der Waals surface area contributed by atoms with Gasteiger partial charge < -0.3 is 24.0 Å². The first-order valence-corrected chi connectivity index (χ1v) is 13.0. The fourth-order valence-electron chi connectivity index (χ4n) is 4.39. The molecule has 0 radical (unpaired) electrons. The van der Waals surface area contributed by atoms with E-state index in [2.05, 4.69) is 23.7 Å². The molecule has 37 heavy (non-hydrogen) atoms. The minimum Gasteiger partial charge on any atom is -0.465 e. The van der Waals surface area contributed by atoms with Crippen LogP contribution >= 0.6 is 0 Å². The molecule has 0 aliphatic carbocycles. The summed E-state index contributed by atoms with van der Waals surface area (Å²) in [6.45, 7) is 12.3. The van der Waals surface area contributed by atoms with Crippen LogP contribution < -0.4 is 4.74 Å². The number of imidazole rings is 1. The maximum absolute atomic E-state index is 13.1. The number of carbonyl (C=O) groups excluding carboxylic acids is 2. The number of hydrogen-bond acceptors (Lipinski definition) is 7. The van der Waals surface area contributed by atoms with Gasteiger partial charge in [0.25, 0.3) is 11.9 Å². The molecule has 1 aromatic heterocycles. The molecule has 0 atom stereocenters. The highest BCUT2D eigenvalue weighted by atomic mass is 16.5. The maximum Gasteiger partial charge on any atom is 0.338 e. The second kappa shape index (κ2) is 12.7. The van der Waals surface area contributed by atoms with Gasteiger partial charge in [0.05, 0.1) is 43.0 Å². The molecular formula is C28H36N4O5. The molecule has 0 N–H and O–H groups in total. The molecule has 1 amide bonds. The topological polar surface area (TPSA) is 86.1 Å². The predicted molar refractivity (Wildman–Crippen MR) is 141 cm³/mol. The molecule has 2 aromatic carbocycles. The van der Waals surface area contributed by atoms with Gasteiger partial charge in [-0.15, -0.1) is 0 Å². The molecule has 1 saturated heterocycles. The van der Waals surface area contributed by atoms with Crippen LogP contribution in [0, 0.1) is 0 Å². The van der Waals surface area contributed by atoms with Crippen molar-refractivity contribution in [2.75, 3.05) is 59.2 Å². The lowest BCUT2D eigenvalue weighted by Gasteiger charge is -2.26. The van der Waals surface area contributed by atoms with Crippen LogP contribution in [0.5, 0.6) is 6.01 Å². The molecule has 3 aromatic rings. The molecule has 1 aliphatic rings. The summed E-state index contributed by atoms with van der Waals surface area (Å²) in [7, 11) is 0. The average Bonchev–Trinajstić information content (AvgIpc) is 3.27. The lowest BCUT2D eigenvalue weighted by atomic mass is 10.1. The predicted octanol–water partition coefficient (Wildman–Crippen LogP) is 3.45. The number of carbonyl (C=O) groups is 2. The summed E-state index contributed by atoms with van der Waals surface area (Å²) in [5.41, 5.74) is 3.69. The number of likely N-dealkylation sites (N-methyl/N-ethyl adjacent to an activating group) is 1. The summed E-state index contributed by atoms with van der Waals surface area (Å²) in [4.78, 5) is 34.2. The molecule has 4 rings (SSSR count). The fourth-order valence-corrected chi connectivity index (χ4v) is 4.39. The average molecular weight is 509 g/mol. The van der Waals surface area contributed by atoms with E-state index in [-0.39, 0.29) is 11.9 Å². The Labute approximate surface area is 217 Å². The van der Waals surface area contributed by atoms with E-state index in [0.29, 0.717) is 63.2 Å². The second-order valence-corrected chi connectivity index (χ2v) is 8.88. The van der Waals surface area contributed by atoms with E-state index in [1.807, 2.05) is 46.7 Å². The SMILES string of the molecule is CCOc1nc2ccc(C(=O)N3CCOCC3)cc2n1Cc1ccc(C(=O)OCCN(CC)CC)cc1. The summed E-state index contributed by atoms with van der Waals surface area (Å²) in [6.07, 6.45) is 0. The Balaban J connectivity index is 1.50. The van der Waals surface area contributed by atoms with Crippen molar-refractivity contribution in [3.05, 3.63) is 59.2 Å². The van der Waals surface area contributed by atoms with Crippen molar-refractivity contribution in [2.45, 2.75) is 27.3 Å². The number of rotatable bonds is 11. The van der Waals surface area contributed by atoms with E-state index in [1.165, 1.54) is 0 Å². The Kier molecular flexibility index (Phi) is 9.14. The van der Waals surface area contributed by atoms with Crippen molar-refractivity contribution in [2.24, 2.45) is 0 Å². The molecule has 2 heterocycles. The summed E-state index contributed by atoms with van der Waals surface area (Å²) < 4.78 is 18.6. The standard InChI is InChI=1S/C28H36N4O5/c1-4-30(5-2)13-18-37-27(34)22-9-7-21(8-10-22)20-32-25-19-23(26(33)31-14-16-35-17-15-31)11-12-24(25)29-28(32)36-6-3/h7-12,19H,4-6,13-18,20H2,1-3H3.